The largest absolute Gasteiger partial charge is 0.490 e. The van der Waals surface area contributed by atoms with Gasteiger partial charge in [-0.25, -0.2) is 0 Å². The fourth-order valence-corrected chi connectivity index (χ4v) is 2.41. The minimum absolute atomic E-state index is 0.0832. The summed E-state index contributed by atoms with van der Waals surface area (Å²) in [6, 6.07) is 14.5. The normalized spacial score (nSPS) is 14.2. The van der Waals surface area contributed by atoms with Crippen molar-refractivity contribution in [1.82, 2.24) is 0 Å². The molecule has 2 aromatic carbocycles. The standard InChI is InChI=1S/C17H18N2O3/c20-19(21)16-10-3-2-9-15(16)18-12-13-6-1-4-11-17(13)22-14-7-5-8-14/h1-4,6,9-11,14,18H,5,7-8,12H2. The Hall–Kier alpha value is -2.56. The van der Waals surface area contributed by atoms with Crippen molar-refractivity contribution in [2.75, 3.05) is 5.32 Å². The van der Waals surface area contributed by atoms with E-state index in [1.54, 1.807) is 18.2 Å². The highest BCUT2D eigenvalue weighted by molar-refractivity contribution is 5.61. The number of nitrogens with zero attached hydrogens (tertiary/aromatic N) is 1. The second-order valence-electron chi connectivity index (χ2n) is 5.41. The van der Waals surface area contributed by atoms with Crippen molar-refractivity contribution in [2.24, 2.45) is 0 Å². The number of hydrogen-bond acceptors (Lipinski definition) is 4. The van der Waals surface area contributed by atoms with Crippen LogP contribution in [0.4, 0.5) is 11.4 Å². The van der Waals surface area contributed by atoms with Crippen LogP contribution in [0.25, 0.3) is 0 Å². The fourth-order valence-electron chi connectivity index (χ4n) is 2.41. The Balaban J connectivity index is 1.72. The van der Waals surface area contributed by atoms with Crippen LogP contribution in [-0.4, -0.2) is 11.0 Å². The molecule has 0 radical (unpaired) electrons. The molecule has 2 aromatic rings. The monoisotopic (exact) mass is 298 g/mol. The van der Waals surface area contributed by atoms with E-state index < -0.39 is 0 Å². The third-order valence-electron chi connectivity index (χ3n) is 3.89. The molecule has 5 nitrogen and oxygen atoms in total. The van der Waals surface area contributed by atoms with E-state index in [1.165, 1.54) is 12.5 Å². The van der Waals surface area contributed by atoms with E-state index >= 15 is 0 Å². The Morgan fingerprint density at radius 1 is 1.14 bits per heavy atom. The van der Waals surface area contributed by atoms with Crippen molar-refractivity contribution < 1.29 is 9.66 Å². The van der Waals surface area contributed by atoms with Crippen LogP contribution in [0.1, 0.15) is 24.8 Å². The number of para-hydroxylation sites is 3. The van der Waals surface area contributed by atoms with Crippen LogP contribution in [0.2, 0.25) is 0 Å². The summed E-state index contributed by atoms with van der Waals surface area (Å²) < 4.78 is 5.97. The molecule has 0 bridgehead atoms. The molecule has 22 heavy (non-hydrogen) atoms. The number of nitrogens with one attached hydrogen (secondary N) is 1. The molecule has 0 unspecified atom stereocenters. The predicted octanol–water partition coefficient (Wildman–Crippen LogP) is 4.14. The van der Waals surface area contributed by atoms with Gasteiger partial charge >= 0.3 is 0 Å². The minimum Gasteiger partial charge on any atom is -0.490 e. The van der Waals surface area contributed by atoms with Gasteiger partial charge in [0, 0.05) is 18.2 Å². The first-order valence-electron chi connectivity index (χ1n) is 7.46. The average molecular weight is 298 g/mol. The number of anilines is 1. The van der Waals surface area contributed by atoms with Gasteiger partial charge in [-0.3, -0.25) is 10.1 Å². The van der Waals surface area contributed by atoms with E-state index in [-0.39, 0.29) is 10.6 Å². The highest BCUT2D eigenvalue weighted by Crippen LogP contribution is 2.29. The summed E-state index contributed by atoms with van der Waals surface area (Å²) in [6.07, 6.45) is 3.74. The molecule has 1 aliphatic rings. The molecule has 0 amide bonds. The average Bonchev–Trinajstić information content (AvgIpc) is 2.50. The number of benzene rings is 2. The number of nitro benzene ring substituents is 1. The summed E-state index contributed by atoms with van der Waals surface area (Å²) in [4.78, 5) is 10.7. The molecule has 0 atom stereocenters. The van der Waals surface area contributed by atoms with Crippen LogP contribution in [0.15, 0.2) is 48.5 Å². The summed E-state index contributed by atoms with van der Waals surface area (Å²) >= 11 is 0. The van der Waals surface area contributed by atoms with Crippen molar-refractivity contribution in [3.8, 4) is 5.75 Å². The highest BCUT2D eigenvalue weighted by atomic mass is 16.6. The van der Waals surface area contributed by atoms with Gasteiger partial charge in [-0.05, 0) is 31.4 Å². The van der Waals surface area contributed by atoms with E-state index in [0.29, 0.717) is 18.3 Å². The molecule has 3 rings (SSSR count). The van der Waals surface area contributed by atoms with Gasteiger partial charge in [-0.2, -0.15) is 0 Å². The third-order valence-corrected chi connectivity index (χ3v) is 3.89. The van der Waals surface area contributed by atoms with E-state index in [2.05, 4.69) is 5.32 Å². The van der Waals surface area contributed by atoms with Crippen molar-refractivity contribution in [3.05, 3.63) is 64.2 Å². The van der Waals surface area contributed by atoms with Crippen molar-refractivity contribution in [2.45, 2.75) is 31.9 Å². The molecular formula is C17H18N2O3. The fraction of sp³-hybridized carbons (Fsp3) is 0.294. The third kappa shape index (κ3) is 3.19. The summed E-state index contributed by atoms with van der Waals surface area (Å²) in [7, 11) is 0. The second-order valence-corrected chi connectivity index (χ2v) is 5.41. The van der Waals surface area contributed by atoms with Crippen LogP contribution in [-0.2, 0) is 6.54 Å². The molecule has 0 saturated heterocycles. The molecule has 0 heterocycles. The Bertz CT molecular complexity index is 668. The van der Waals surface area contributed by atoms with Gasteiger partial charge < -0.3 is 10.1 Å². The maximum absolute atomic E-state index is 11.0. The first kappa shape index (κ1) is 14.4. The van der Waals surface area contributed by atoms with E-state index in [9.17, 15) is 10.1 Å². The lowest BCUT2D eigenvalue weighted by atomic mass is 9.96. The lowest BCUT2D eigenvalue weighted by Crippen LogP contribution is -2.25. The zero-order valence-electron chi connectivity index (χ0n) is 12.2. The SMILES string of the molecule is O=[N+]([O-])c1ccccc1NCc1ccccc1OC1CCC1. The first-order valence-corrected chi connectivity index (χ1v) is 7.46. The van der Waals surface area contributed by atoms with Crippen LogP contribution in [0.3, 0.4) is 0 Å². The molecule has 0 aliphatic heterocycles. The van der Waals surface area contributed by atoms with Gasteiger partial charge in [-0.1, -0.05) is 30.3 Å². The van der Waals surface area contributed by atoms with Gasteiger partial charge in [0.2, 0.25) is 0 Å². The van der Waals surface area contributed by atoms with Gasteiger partial charge in [0.25, 0.3) is 5.69 Å². The van der Waals surface area contributed by atoms with Crippen LogP contribution < -0.4 is 10.1 Å². The summed E-state index contributed by atoms with van der Waals surface area (Å²) in [5.41, 5.74) is 1.61. The summed E-state index contributed by atoms with van der Waals surface area (Å²) in [5.74, 6) is 0.860. The van der Waals surface area contributed by atoms with Gasteiger partial charge in [0.15, 0.2) is 0 Å². The molecular weight excluding hydrogens is 280 g/mol. The summed E-state index contributed by atoms with van der Waals surface area (Å²) in [6.45, 7) is 0.494. The van der Waals surface area contributed by atoms with Gasteiger partial charge in [0.1, 0.15) is 11.4 Å². The van der Waals surface area contributed by atoms with E-state index in [0.717, 1.165) is 24.2 Å². The zero-order chi connectivity index (χ0) is 15.4. The zero-order valence-corrected chi connectivity index (χ0v) is 12.2. The topological polar surface area (TPSA) is 64.4 Å². The molecule has 1 aliphatic carbocycles. The number of ether oxygens (including phenoxy) is 1. The molecule has 1 saturated carbocycles. The Morgan fingerprint density at radius 2 is 1.86 bits per heavy atom. The maximum Gasteiger partial charge on any atom is 0.292 e. The van der Waals surface area contributed by atoms with Crippen LogP contribution in [0, 0.1) is 10.1 Å². The van der Waals surface area contributed by atoms with E-state index in [4.69, 9.17) is 4.74 Å². The van der Waals surface area contributed by atoms with Crippen molar-refractivity contribution >= 4 is 11.4 Å². The number of rotatable bonds is 6. The van der Waals surface area contributed by atoms with Crippen molar-refractivity contribution in [1.29, 1.82) is 0 Å². The Labute approximate surface area is 129 Å². The summed E-state index contributed by atoms with van der Waals surface area (Å²) in [5, 5.41) is 14.2. The lowest BCUT2D eigenvalue weighted by molar-refractivity contribution is -0.384. The second kappa shape index (κ2) is 6.47. The smallest absolute Gasteiger partial charge is 0.292 e. The Kier molecular flexibility index (Phi) is 4.23. The van der Waals surface area contributed by atoms with Gasteiger partial charge in [0.05, 0.1) is 11.0 Å². The van der Waals surface area contributed by atoms with Gasteiger partial charge in [-0.15, -0.1) is 0 Å². The Morgan fingerprint density at radius 3 is 2.59 bits per heavy atom. The molecule has 1 fully saturated rings. The quantitative estimate of drug-likeness (QED) is 0.643. The van der Waals surface area contributed by atoms with E-state index in [1.807, 2.05) is 24.3 Å². The lowest BCUT2D eigenvalue weighted by Gasteiger charge is -2.27. The van der Waals surface area contributed by atoms with Crippen molar-refractivity contribution in [3.63, 3.8) is 0 Å². The molecule has 114 valence electrons. The molecule has 0 aromatic heterocycles. The highest BCUT2D eigenvalue weighted by Gasteiger charge is 2.20. The number of nitro groups is 1. The molecule has 5 heteroatoms. The minimum atomic E-state index is -0.376. The number of hydrogen-bond donors (Lipinski definition) is 1. The maximum atomic E-state index is 11.0. The van der Waals surface area contributed by atoms with Crippen LogP contribution >= 0.6 is 0 Å². The first-order chi connectivity index (χ1) is 10.7. The van der Waals surface area contributed by atoms with Crippen LogP contribution in [0.5, 0.6) is 5.75 Å². The molecule has 1 N–H and O–H groups in total. The predicted molar refractivity (Wildman–Crippen MR) is 85.1 cm³/mol. The molecule has 0 spiro atoms.